The monoisotopic (exact) mass is 545 g/mol. The van der Waals surface area contributed by atoms with Crippen LogP contribution < -0.4 is 14.9 Å². The van der Waals surface area contributed by atoms with Crippen LogP contribution in [0.1, 0.15) is 49.2 Å². The second kappa shape index (κ2) is 10.8. The van der Waals surface area contributed by atoms with Crippen LogP contribution in [-0.2, 0) is 11.2 Å². The zero-order valence-corrected chi connectivity index (χ0v) is 22.1. The fraction of sp³-hybridized carbons (Fsp3) is 0.379. The van der Waals surface area contributed by atoms with Crippen molar-refractivity contribution in [3.63, 3.8) is 0 Å². The molecule has 1 aliphatic heterocycles. The van der Waals surface area contributed by atoms with Gasteiger partial charge in [-0.1, -0.05) is 39.0 Å². The van der Waals surface area contributed by atoms with Crippen molar-refractivity contribution < 1.29 is 37.3 Å². The Morgan fingerprint density at radius 3 is 2.38 bits per heavy atom. The Hall–Kier alpha value is -3.79. The van der Waals surface area contributed by atoms with Crippen molar-refractivity contribution in [1.82, 2.24) is 4.57 Å². The molecule has 7 nitrogen and oxygen atoms in total. The second-order valence-corrected chi connectivity index (χ2v) is 10.5. The molecule has 208 valence electrons. The number of alkyl halides is 3. The van der Waals surface area contributed by atoms with Gasteiger partial charge in [0.25, 0.3) is 0 Å². The Morgan fingerprint density at radius 1 is 1.03 bits per heavy atom. The van der Waals surface area contributed by atoms with Gasteiger partial charge in [0.15, 0.2) is 5.43 Å². The van der Waals surface area contributed by atoms with E-state index in [0.29, 0.717) is 42.0 Å². The normalized spacial score (nSPS) is 14.9. The highest BCUT2D eigenvalue weighted by atomic mass is 19.4. The van der Waals surface area contributed by atoms with Crippen LogP contribution in [0.4, 0.5) is 13.2 Å². The van der Waals surface area contributed by atoms with Gasteiger partial charge in [0.2, 0.25) is 0 Å². The molecule has 1 aromatic heterocycles. The van der Waals surface area contributed by atoms with Gasteiger partial charge in [-0.05, 0) is 35.6 Å². The average molecular weight is 546 g/mol. The van der Waals surface area contributed by atoms with Gasteiger partial charge in [-0.15, -0.1) is 13.2 Å². The van der Waals surface area contributed by atoms with E-state index in [0.717, 1.165) is 5.56 Å². The van der Waals surface area contributed by atoms with E-state index >= 15 is 0 Å². The van der Waals surface area contributed by atoms with E-state index in [4.69, 9.17) is 9.47 Å². The molecular formula is C29H30F3NO6. The summed E-state index contributed by atoms with van der Waals surface area (Å²) in [5, 5.41) is 9.58. The van der Waals surface area contributed by atoms with Gasteiger partial charge in [0.05, 0.1) is 12.3 Å². The van der Waals surface area contributed by atoms with Gasteiger partial charge in [-0.3, -0.25) is 4.79 Å². The Bertz CT molecular complexity index is 1440. The first-order chi connectivity index (χ1) is 18.3. The van der Waals surface area contributed by atoms with Crippen LogP contribution in [0, 0.1) is 5.41 Å². The molecule has 0 spiro atoms. The van der Waals surface area contributed by atoms with E-state index in [1.54, 1.807) is 29.9 Å². The van der Waals surface area contributed by atoms with E-state index in [9.17, 15) is 27.9 Å². The van der Waals surface area contributed by atoms with Crippen LogP contribution >= 0.6 is 0 Å². The van der Waals surface area contributed by atoms with E-state index in [-0.39, 0.29) is 29.2 Å². The van der Waals surface area contributed by atoms with Gasteiger partial charge in [-0.2, -0.15) is 0 Å². The van der Waals surface area contributed by atoms with E-state index in [1.165, 1.54) is 30.5 Å². The maximum atomic E-state index is 13.2. The second-order valence-electron chi connectivity index (χ2n) is 10.5. The van der Waals surface area contributed by atoms with Crippen molar-refractivity contribution in [2.75, 3.05) is 20.3 Å². The summed E-state index contributed by atoms with van der Waals surface area (Å²) in [4.78, 5) is 24.5. The van der Waals surface area contributed by atoms with Crippen LogP contribution in [0.3, 0.4) is 0 Å². The topological polar surface area (TPSA) is 87.0 Å². The number of methoxy groups -OCH3 is 1. The molecule has 0 aliphatic carbocycles. The predicted octanol–water partition coefficient (Wildman–Crippen LogP) is 6.34. The number of hydrogen-bond donors (Lipinski definition) is 1. The fourth-order valence-electron chi connectivity index (χ4n) is 4.86. The first kappa shape index (κ1) is 28.2. The molecule has 1 unspecified atom stereocenters. The van der Waals surface area contributed by atoms with Gasteiger partial charge >= 0.3 is 12.3 Å². The summed E-state index contributed by atoms with van der Waals surface area (Å²) in [7, 11) is 1.57. The summed E-state index contributed by atoms with van der Waals surface area (Å²) in [6.07, 6.45) is -2.50. The number of ether oxygens (including phenoxy) is 3. The average Bonchev–Trinajstić information content (AvgIpc) is 2.84. The van der Waals surface area contributed by atoms with Crippen molar-refractivity contribution in [1.29, 1.82) is 0 Å². The minimum Gasteiger partial charge on any atom is -0.493 e. The highest BCUT2D eigenvalue weighted by molar-refractivity contribution is 5.88. The number of para-hydroxylation sites is 1. The predicted molar refractivity (Wildman–Crippen MR) is 139 cm³/mol. The van der Waals surface area contributed by atoms with Gasteiger partial charge in [0.1, 0.15) is 17.1 Å². The first-order valence-corrected chi connectivity index (χ1v) is 12.4. The Morgan fingerprint density at radius 2 is 1.74 bits per heavy atom. The molecule has 39 heavy (non-hydrogen) atoms. The summed E-state index contributed by atoms with van der Waals surface area (Å²) >= 11 is 0. The number of carbonyl (C=O) groups is 1. The highest BCUT2D eigenvalue weighted by Crippen LogP contribution is 2.47. The molecule has 10 heteroatoms. The summed E-state index contributed by atoms with van der Waals surface area (Å²) in [5.74, 6) is -1.35. The number of nitrogens with zero attached hydrogens (tertiary/aromatic N) is 1. The molecule has 1 atom stereocenters. The lowest BCUT2D eigenvalue weighted by Gasteiger charge is -2.39. The third kappa shape index (κ3) is 6.11. The lowest BCUT2D eigenvalue weighted by Crippen LogP contribution is -2.32. The molecule has 2 heterocycles. The van der Waals surface area contributed by atoms with Crippen molar-refractivity contribution in [2.24, 2.45) is 5.41 Å². The highest BCUT2D eigenvalue weighted by Gasteiger charge is 2.35. The largest absolute Gasteiger partial charge is 0.573 e. The lowest BCUT2D eigenvalue weighted by molar-refractivity contribution is -0.274. The number of carboxylic acid groups (broad SMARTS) is 1. The summed E-state index contributed by atoms with van der Waals surface area (Å²) < 4.78 is 57.0. The number of hydrogen-bond acceptors (Lipinski definition) is 5. The number of benzene rings is 2. The van der Waals surface area contributed by atoms with Crippen LogP contribution in [0.2, 0.25) is 0 Å². The molecule has 0 bridgehead atoms. The smallest absolute Gasteiger partial charge is 0.493 e. The molecule has 0 amide bonds. The third-order valence-electron chi connectivity index (χ3n) is 6.69. The van der Waals surface area contributed by atoms with Crippen LogP contribution in [0.5, 0.6) is 11.5 Å². The van der Waals surface area contributed by atoms with Crippen molar-refractivity contribution in [2.45, 2.75) is 46.0 Å². The molecule has 0 saturated carbocycles. The molecule has 0 fully saturated rings. The molecule has 3 aromatic rings. The zero-order valence-electron chi connectivity index (χ0n) is 22.1. The Kier molecular flexibility index (Phi) is 7.79. The minimum atomic E-state index is -4.91. The zero-order chi connectivity index (χ0) is 28.5. The number of fused-ring (bicyclic) bond motifs is 3. The number of aromatic carboxylic acids is 1. The Balaban J connectivity index is 1.96. The summed E-state index contributed by atoms with van der Waals surface area (Å²) in [5.41, 5.74) is 1.10. The van der Waals surface area contributed by atoms with Crippen LogP contribution in [0.25, 0.3) is 22.4 Å². The van der Waals surface area contributed by atoms with Crippen molar-refractivity contribution >= 4 is 5.97 Å². The molecule has 2 aromatic carbocycles. The summed E-state index contributed by atoms with van der Waals surface area (Å²) in [6.45, 7) is 6.77. The lowest BCUT2D eigenvalue weighted by atomic mass is 9.78. The number of halogens is 3. The van der Waals surface area contributed by atoms with Crippen molar-refractivity contribution in [3.8, 4) is 33.9 Å². The van der Waals surface area contributed by atoms with Crippen LogP contribution in [-0.4, -0.2) is 42.3 Å². The molecule has 0 radical (unpaired) electrons. The maximum absolute atomic E-state index is 13.2. The SMILES string of the molecule is COCCCOc1cc2c(cc1-c1ccccc1OC(F)(F)F)-c1cc(=O)c(C(=O)O)cn1C(C(C)(C)C)C2. The quantitative estimate of drug-likeness (QED) is 0.333. The van der Waals surface area contributed by atoms with Crippen LogP contribution in [0.15, 0.2) is 53.5 Å². The van der Waals surface area contributed by atoms with Gasteiger partial charge < -0.3 is 23.9 Å². The molecule has 0 saturated heterocycles. The fourth-order valence-corrected chi connectivity index (χ4v) is 4.86. The molecule has 4 rings (SSSR count). The van der Waals surface area contributed by atoms with Crippen molar-refractivity contribution in [3.05, 3.63) is 70.0 Å². The number of pyridine rings is 1. The number of rotatable bonds is 8. The Labute approximate surface area is 223 Å². The van der Waals surface area contributed by atoms with Gasteiger partial charge in [-0.25, -0.2) is 4.79 Å². The third-order valence-corrected chi connectivity index (χ3v) is 6.69. The first-order valence-electron chi connectivity index (χ1n) is 12.4. The molecule has 1 N–H and O–H groups in total. The van der Waals surface area contributed by atoms with Gasteiger partial charge in [0, 0.05) is 55.1 Å². The summed E-state index contributed by atoms with van der Waals surface area (Å²) in [6, 6.07) is 10.3. The number of carboxylic acids is 1. The minimum absolute atomic E-state index is 0.161. The molecule has 1 aliphatic rings. The molecular weight excluding hydrogens is 515 g/mol. The maximum Gasteiger partial charge on any atom is 0.573 e. The van der Waals surface area contributed by atoms with E-state index in [1.807, 2.05) is 20.8 Å². The van der Waals surface area contributed by atoms with E-state index < -0.39 is 23.5 Å². The van der Waals surface area contributed by atoms with E-state index in [2.05, 4.69) is 4.74 Å². The standard InChI is InChI=1S/C29H30F3NO6/c1-28(2,3)26-13-17-12-25(38-11-7-10-37-4)20(18-8-5-6-9-24(18)39-29(30,31)32)14-19(17)22-15-23(34)21(27(35)36)16-33(22)26/h5-6,8-9,12,14-16,26H,7,10-11,13H2,1-4H3,(H,35,36). The number of aromatic nitrogens is 1.